The van der Waals surface area contributed by atoms with Crippen molar-refractivity contribution in [3.63, 3.8) is 0 Å². The van der Waals surface area contributed by atoms with E-state index in [0.29, 0.717) is 25.3 Å². The highest BCUT2D eigenvalue weighted by molar-refractivity contribution is 5.97. The molecule has 31 heavy (non-hydrogen) atoms. The van der Waals surface area contributed by atoms with Crippen molar-refractivity contribution < 1.29 is 32.2 Å². The van der Waals surface area contributed by atoms with Gasteiger partial charge in [0.2, 0.25) is 5.91 Å². The molecule has 0 saturated carbocycles. The summed E-state index contributed by atoms with van der Waals surface area (Å²) >= 11 is 0. The summed E-state index contributed by atoms with van der Waals surface area (Å²) in [6, 6.07) is 8.97. The molecule has 2 amide bonds. The summed E-state index contributed by atoms with van der Waals surface area (Å²) in [5.74, 6) is -0.313. The maximum atomic E-state index is 13.3. The Morgan fingerprint density at radius 2 is 1.90 bits per heavy atom. The van der Waals surface area contributed by atoms with E-state index in [1.165, 1.54) is 0 Å². The van der Waals surface area contributed by atoms with Crippen LogP contribution in [-0.4, -0.2) is 31.0 Å². The van der Waals surface area contributed by atoms with E-state index in [1.54, 1.807) is 24.3 Å². The van der Waals surface area contributed by atoms with Crippen molar-refractivity contribution in [3.05, 3.63) is 53.6 Å². The van der Waals surface area contributed by atoms with Crippen LogP contribution >= 0.6 is 0 Å². The minimum absolute atomic E-state index is 0.0432. The number of rotatable bonds is 7. The van der Waals surface area contributed by atoms with Crippen LogP contribution in [0.25, 0.3) is 0 Å². The number of carbonyl (C=O) groups excluding carboxylic acids is 2. The highest BCUT2D eigenvalue weighted by Crippen LogP contribution is 2.37. The fourth-order valence-electron chi connectivity index (χ4n) is 3.13. The Morgan fingerprint density at radius 1 is 1.16 bits per heavy atom. The van der Waals surface area contributed by atoms with E-state index >= 15 is 0 Å². The molecule has 9 heteroatoms. The lowest BCUT2D eigenvalue weighted by Crippen LogP contribution is -2.45. The van der Waals surface area contributed by atoms with Crippen LogP contribution in [0.4, 0.5) is 13.2 Å². The number of para-hydroxylation sites is 2. The molecule has 1 saturated heterocycles. The lowest BCUT2D eigenvalue weighted by Gasteiger charge is -2.24. The van der Waals surface area contributed by atoms with Crippen molar-refractivity contribution >= 4 is 11.8 Å². The van der Waals surface area contributed by atoms with E-state index in [1.807, 2.05) is 6.92 Å². The van der Waals surface area contributed by atoms with Crippen molar-refractivity contribution in [1.29, 1.82) is 0 Å². The molecule has 0 radical (unpaired) electrons. The fraction of sp³-hybridized carbons (Fsp3) is 0.364. The van der Waals surface area contributed by atoms with Gasteiger partial charge in [-0.25, -0.2) is 0 Å². The molecule has 1 aliphatic rings. The molecular formula is C22H23F3N2O4. The second kappa shape index (κ2) is 9.72. The van der Waals surface area contributed by atoms with Gasteiger partial charge in [0.1, 0.15) is 5.75 Å². The third-order valence-corrected chi connectivity index (χ3v) is 4.66. The minimum Gasteiger partial charge on any atom is -0.490 e. The molecule has 0 bridgehead atoms. The molecule has 1 heterocycles. The van der Waals surface area contributed by atoms with Crippen LogP contribution in [0.3, 0.4) is 0 Å². The van der Waals surface area contributed by atoms with Crippen LogP contribution in [0.1, 0.15) is 42.1 Å². The average molecular weight is 436 g/mol. The zero-order valence-electron chi connectivity index (χ0n) is 16.9. The van der Waals surface area contributed by atoms with Gasteiger partial charge >= 0.3 is 6.18 Å². The summed E-state index contributed by atoms with van der Waals surface area (Å²) in [5, 5.41) is 5.28. The quantitative estimate of drug-likeness (QED) is 0.679. The second-order valence-corrected chi connectivity index (χ2v) is 7.12. The van der Waals surface area contributed by atoms with Gasteiger partial charge in [0.05, 0.1) is 17.7 Å². The number of carbonyl (C=O) groups is 2. The molecule has 2 aromatic rings. The molecule has 2 N–H and O–H groups in total. The Labute approximate surface area is 177 Å². The molecule has 0 spiro atoms. The topological polar surface area (TPSA) is 76.7 Å². The highest BCUT2D eigenvalue weighted by Gasteiger charge is 2.33. The first-order valence-corrected chi connectivity index (χ1v) is 9.96. The summed E-state index contributed by atoms with van der Waals surface area (Å²) in [5.41, 5.74) is -1.24. The van der Waals surface area contributed by atoms with E-state index in [2.05, 4.69) is 10.6 Å². The van der Waals surface area contributed by atoms with Gasteiger partial charge in [-0.3, -0.25) is 9.59 Å². The van der Waals surface area contributed by atoms with Gasteiger partial charge in [-0.2, -0.15) is 13.2 Å². The van der Waals surface area contributed by atoms with Gasteiger partial charge in [-0.15, -0.1) is 0 Å². The fourth-order valence-corrected chi connectivity index (χ4v) is 3.13. The number of halogens is 3. The molecule has 1 aliphatic heterocycles. The minimum atomic E-state index is -4.62. The van der Waals surface area contributed by atoms with Gasteiger partial charge in [0.15, 0.2) is 11.5 Å². The van der Waals surface area contributed by atoms with Crippen LogP contribution in [0, 0.1) is 0 Å². The highest BCUT2D eigenvalue weighted by atomic mass is 19.4. The van der Waals surface area contributed by atoms with E-state index in [-0.39, 0.29) is 29.4 Å². The molecule has 1 fully saturated rings. The lowest BCUT2D eigenvalue weighted by atomic mass is 10.0. The maximum Gasteiger partial charge on any atom is 0.416 e. The Kier molecular flexibility index (Phi) is 7.04. The first-order chi connectivity index (χ1) is 14.8. The summed E-state index contributed by atoms with van der Waals surface area (Å²) < 4.78 is 51.2. The Morgan fingerprint density at radius 3 is 2.58 bits per heavy atom. The Hall–Kier alpha value is -3.23. The van der Waals surface area contributed by atoms with Crippen molar-refractivity contribution in [1.82, 2.24) is 10.6 Å². The smallest absolute Gasteiger partial charge is 0.416 e. The molecule has 1 unspecified atom stereocenters. The monoisotopic (exact) mass is 436 g/mol. The SMILES string of the molecule is CCCOc1ccccc1Oc1ccc(C(F)(F)F)cc1C(=O)NC1CCNC(=O)C1. The molecule has 166 valence electrons. The number of hydrogen-bond donors (Lipinski definition) is 2. The van der Waals surface area contributed by atoms with Gasteiger partial charge in [-0.1, -0.05) is 19.1 Å². The van der Waals surface area contributed by atoms with Crippen LogP contribution in [0.15, 0.2) is 42.5 Å². The van der Waals surface area contributed by atoms with E-state index in [9.17, 15) is 22.8 Å². The number of amides is 2. The first kappa shape index (κ1) is 22.5. The number of hydrogen-bond acceptors (Lipinski definition) is 4. The van der Waals surface area contributed by atoms with Crippen molar-refractivity contribution in [2.24, 2.45) is 0 Å². The van der Waals surface area contributed by atoms with Crippen molar-refractivity contribution in [3.8, 4) is 17.2 Å². The number of nitrogens with one attached hydrogen (secondary N) is 2. The predicted molar refractivity (Wildman–Crippen MR) is 107 cm³/mol. The van der Waals surface area contributed by atoms with Gasteiger partial charge < -0.3 is 20.1 Å². The zero-order chi connectivity index (χ0) is 22.4. The summed E-state index contributed by atoms with van der Waals surface area (Å²) in [6.45, 7) is 2.76. The maximum absolute atomic E-state index is 13.3. The standard InChI is InChI=1S/C22H23F3N2O4/c1-2-11-30-18-5-3-4-6-19(18)31-17-8-7-14(22(23,24)25)12-16(17)21(29)27-15-9-10-26-20(28)13-15/h3-8,12,15H,2,9-11,13H2,1H3,(H,26,28)(H,27,29). The molecular weight excluding hydrogens is 413 g/mol. The van der Waals surface area contributed by atoms with E-state index in [0.717, 1.165) is 24.6 Å². The summed E-state index contributed by atoms with van der Waals surface area (Å²) in [7, 11) is 0. The number of alkyl halides is 3. The lowest BCUT2D eigenvalue weighted by molar-refractivity contribution is -0.137. The van der Waals surface area contributed by atoms with E-state index < -0.39 is 23.7 Å². The molecule has 6 nitrogen and oxygen atoms in total. The molecule has 0 aliphatic carbocycles. The van der Waals surface area contributed by atoms with Gasteiger partial charge in [0.25, 0.3) is 5.91 Å². The number of piperidine rings is 1. The first-order valence-electron chi connectivity index (χ1n) is 9.96. The van der Waals surface area contributed by atoms with Crippen LogP contribution in [0.5, 0.6) is 17.2 Å². The van der Waals surface area contributed by atoms with Gasteiger partial charge in [0, 0.05) is 19.0 Å². The Bertz CT molecular complexity index is 947. The van der Waals surface area contributed by atoms with Crippen LogP contribution in [0.2, 0.25) is 0 Å². The molecule has 0 aromatic heterocycles. The Balaban J connectivity index is 1.91. The normalized spacial score (nSPS) is 16.4. The zero-order valence-corrected chi connectivity index (χ0v) is 16.9. The molecule has 3 rings (SSSR count). The molecule has 1 atom stereocenters. The van der Waals surface area contributed by atoms with Gasteiger partial charge in [-0.05, 0) is 43.2 Å². The predicted octanol–water partition coefficient (Wildman–Crippen LogP) is 4.29. The van der Waals surface area contributed by atoms with Crippen LogP contribution < -0.4 is 20.1 Å². The largest absolute Gasteiger partial charge is 0.490 e. The number of ether oxygens (including phenoxy) is 2. The molecule has 2 aromatic carbocycles. The second-order valence-electron chi connectivity index (χ2n) is 7.12. The third kappa shape index (κ3) is 5.90. The summed E-state index contributed by atoms with van der Waals surface area (Å²) in [6.07, 6.45) is -3.31. The third-order valence-electron chi connectivity index (χ3n) is 4.66. The summed E-state index contributed by atoms with van der Waals surface area (Å²) in [4.78, 5) is 24.4. The van der Waals surface area contributed by atoms with E-state index in [4.69, 9.17) is 9.47 Å². The van der Waals surface area contributed by atoms with Crippen molar-refractivity contribution in [2.75, 3.05) is 13.2 Å². The van der Waals surface area contributed by atoms with Crippen molar-refractivity contribution in [2.45, 2.75) is 38.4 Å². The average Bonchev–Trinajstić information content (AvgIpc) is 2.72. The number of benzene rings is 2. The van der Waals surface area contributed by atoms with Crippen LogP contribution in [-0.2, 0) is 11.0 Å².